The van der Waals surface area contributed by atoms with Gasteiger partial charge in [-0.25, -0.2) is 4.79 Å². The van der Waals surface area contributed by atoms with E-state index in [1.54, 1.807) is 0 Å². The minimum absolute atomic E-state index is 0.332. The van der Waals surface area contributed by atoms with Gasteiger partial charge in [-0.3, -0.25) is 0 Å². The largest absolute Gasteiger partial charge is 0.478 e. The van der Waals surface area contributed by atoms with Crippen LogP contribution in [0.2, 0.25) is 0 Å². The summed E-state index contributed by atoms with van der Waals surface area (Å²) in [6, 6.07) is 0. The maximum atomic E-state index is 10.4. The topological polar surface area (TPSA) is 37.3 Å². The van der Waals surface area contributed by atoms with Crippen molar-refractivity contribution in [3.63, 3.8) is 0 Å². The molecule has 0 fully saturated rings. The Bertz CT molecular complexity index is 146. The third-order valence-corrected chi connectivity index (χ3v) is 1.99. The third-order valence-electron chi connectivity index (χ3n) is 1.99. The van der Waals surface area contributed by atoms with Gasteiger partial charge in [-0.2, -0.15) is 0 Å². The molecule has 0 aliphatic carbocycles. The van der Waals surface area contributed by atoms with Crippen molar-refractivity contribution in [2.45, 2.75) is 33.1 Å². The van der Waals surface area contributed by atoms with Crippen molar-refractivity contribution in [2.24, 2.45) is 5.92 Å². The number of hydrogen-bond acceptors (Lipinski definition) is 1. The van der Waals surface area contributed by atoms with Gasteiger partial charge in [0.15, 0.2) is 0 Å². The maximum absolute atomic E-state index is 10.4. The maximum Gasteiger partial charge on any atom is 0.330 e. The van der Waals surface area contributed by atoms with Gasteiger partial charge in [0.05, 0.1) is 0 Å². The number of carboxylic acid groups (broad SMARTS) is 1. The molecule has 64 valence electrons. The first-order valence-corrected chi connectivity index (χ1v) is 4.02. The summed E-state index contributed by atoms with van der Waals surface area (Å²) in [5.41, 5.74) is 0.332. The van der Waals surface area contributed by atoms with Crippen LogP contribution >= 0.6 is 0 Å². The van der Waals surface area contributed by atoms with E-state index < -0.39 is 5.97 Å². The van der Waals surface area contributed by atoms with Crippen molar-refractivity contribution in [2.75, 3.05) is 0 Å². The molecular weight excluding hydrogens is 140 g/mol. The molecule has 2 nitrogen and oxygen atoms in total. The first kappa shape index (κ1) is 10.2. The minimum Gasteiger partial charge on any atom is -0.478 e. The van der Waals surface area contributed by atoms with Crippen molar-refractivity contribution >= 4 is 5.97 Å². The lowest BCUT2D eigenvalue weighted by atomic mass is 9.95. The standard InChI is InChI=1S/C9H16O2/c1-4-8(5-2)6-7(3)9(10)11/h8H,3-6H2,1-2H3,(H,10,11). The van der Waals surface area contributed by atoms with Crippen molar-refractivity contribution in [1.82, 2.24) is 0 Å². The van der Waals surface area contributed by atoms with E-state index in [9.17, 15) is 4.79 Å². The normalized spacial score (nSPS) is 10.1. The molecule has 0 rings (SSSR count). The van der Waals surface area contributed by atoms with E-state index in [1.165, 1.54) is 0 Å². The Morgan fingerprint density at radius 1 is 1.45 bits per heavy atom. The molecule has 0 aliphatic heterocycles. The molecule has 0 radical (unpaired) electrons. The predicted molar refractivity (Wildman–Crippen MR) is 45.5 cm³/mol. The summed E-state index contributed by atoms with van der Waals surface area (Å²) in [6.45, 7) is 7.64. The fourth-order valence-corrected chi connectivity index (χ4v) is 1.01. The van der Waals surface area contributed by atoms with Gasteiger partial charge in [0, 0.05) is 5.57 Å². The van der Waals surface area contributed by atoms with Gasteiger partial charge in [-0.05, 0) is 12.3 Å². The van der Waals surface area contributed by atoms with Crippen LogP contribution in [0.3, 0.4) is 0 Å². The predicted octanol–water partition coefficient (Wildman–Crippen LogP) is 2.45. The second-order valence-corrected chi connectivity index (χ2v) is 2.80. The van der Waals surface area contributed by atoms with Crippen molar-refractivity contribution in [3.8, 4) is 0 Å². The Morgan fingerprint density at radius 2 is 1.91 bits per heavy atom. The first-order valence-electron chi connectivity index (χ1n) is 4.02. The Hall–Kier alpha value is -0.790. The van der Waals surface area contributed by atoms with Gasteiger partial charge in [0.1, 0.15) is 0 Å². The van der Waals surface area contributed by atoms with Crippen LogP contribution in [-0.4, -0.2) is 11.1 Å². The fourth-order valence-electron chi connectivity index (χ4n) is 1.01. The van der Waals surface area contributed by atoms with Crippen LogP contribution in [0.4, 0.5) is 0 Å². The number of aliphatic carboxylic acids is 1. The molecule has 0 aromatic carbocycles. The van der Waals surface area contributed by atoms with Gasteiger partial charge >= 0.3 is 5.97 Å². The zero-order valence-corrected chi connectivity index (χ0v) is 7.26. The molecule has 0 spiro atoms. The van der Waals surface area contributed by atoms with Crippen molar-refractivity contribution in [3.05, 3.63) is 12.2 Å². The van der Waals surface area contributed by atoms with Gasteiger partial charge in [0.2, 0.25) is 0 Å². The molecule has 0 aliphatic rings. The Labute approximate surface area is 67.9 Å². The molecule has 0 aromatic heterocycles. The molecule has 0 amide bonds. The van der Waals surface area contributed by atoms with Crippen LogP contribution in [0.15, 0.2) is 12.2 Å². The highest BCUT2D eigenvalue weighted by Gasteiger charge is 2.09. The molecule has 2 heteroatoms. The van der Waals surface area contributed by atoms with Gasteiger partial charge < -0.3 is 5.11 Å². The number of hydrogen-bond donors (Lipinski definition) is 1. The highest BCUT2D eigenvalue weighted by Crippen LogP contribution is 2.17. The SMILES string of the molecule is C=C(CC(CC)CC)C(=O)O. The molecular formula is C9H16O2. The summed E-state index contributed by atoms with van der Waals surface area (Å²) in [5, 5.41) is 8.52. The van der Waals surface area contributed by atoms with Crippen molar-refractivity contribution in [1.29, 1.82) is 0 Å². The fraction of sp³-hybridized carbons (Fsp3) is 0.667. The summed E-state index contributed by atoms with van der Waals surface area (Å²) >= 11 is 0. The van der Waals surface area contributed by atoms with Gasteiger partial charge in [0.25, 0.3) is 0 Å². The molecule has 0 saturated carbocycles. The van der Waals surface area contributed by atoms with Crippen LogP contribution in [0, 0.1) is 5.92 Å². The molecule has 11 heavy (non-hydrogen) atoms. The first-order chi connectivity index (χ1) is 5.11. The third kappa shape index (κ3) is 3.81. The quantitative estimate of drug-likeness (QED) is 0.621. The Morgan fingerprint density at radius 3 is 2.18 bits per heavy atom. The number of carbonyl (C=O) groups is 1. The summed E-state index contributed by atoms with van der Waals surface area (Å²) < 4.78 is 0. The zero-order valence-electron chi connectivity index (χ0n) is 7.26. The molecule has 0 saturated heterocycles. The summed E-state index contributed by atoms with van der Waals surface area (Å²) in [6.07, 6.45) is 2.69. The second kappa shape index (κ2) is 4.94. The van der Waals surface area contributed by atoms with E-state index in [0.29, 0.717) is 17.9 Å². The molecule has 0 heterocycles. The molecule has 0 unspecified atom stereocenters. The molecule has 0 bridgehead atoms. The smallest absolute Gasteiger partial charge is 0.330 e. The lowest BCUT2D eigenvalue weighted by molar-refractivity contribution is -0.132. The van der Waals surface area contributed by atoms with E-state index in [1.807, 2.05) is 0 Å². The number of rotatable bonds is 5. The van der Waals surface area contributed by atoms with Crippen LogP contribution in [0.25, 0.3) is 0 Å². The van der Waals surface area contributed by atoms with E-state index in [-0.39, 0.29) is 0 Å². The molecule has 1 N–H and O–H groups in total. The van der Waals surface area contributed by atoms with Crippen LogP contribution < -0.4 is 0 Å². The van der Waals surface area contributed by atoms with Crippen LogP contribution in [0.1, 0.15) is 33.1 Å². The Balaban J connectivity index is 3.81. The molecule has 0 aromatic rings. The Kier molecular flexibility index (Phi) is 4.59. The van der Waals surface area contributed by atoms with E-state index in [2.05, 4.69) is 20.4 Å². The highest BCUT2D eigenvalue weighted by atomic mass is 16.4. The lowest BCUT2D eigenvalue weighted by Gasteiger charge is -2.10. The average Bonchev–Trinajstić information content (AvgIpc) is 1.99. The van der Waals surface area contributed by atoms with E-state index in [0.717, 1.165) is 12.8 Å². The van der Waals surface area contributed by atoms with Crippen LogP contribution in [0.5, 0.6) is 0 Å². The molecule has 0 atom stereocenters. The lowest BCUT2D eigenvalue weighted by Crippen LogP contribution is -2.05. The summed E-state index contributed by atoms with van der Waals surface area (Å²) in [7, 11) is 0. The number of carboxylic acids is 1. The van der Waals surface area contributed by atoms with E-state index >= 15 is 0 Å². The summed E-state index contributed by atoms with van der Waals surface area (Å²) in [5.74, 6) is -0.379. The van der Waals surface area contributed by atoms with Gasteiger partial charge in [-0.1, -0.05) is 33.3 Å². The monoisotopic (exact) mass is 156 g/mol. The van der Waals surface area contributed by atoms with E-state index in [4.69, 9.17) is 5.11 Å². The van der Waals surface area contributed by atoms with Gasteiger partial charge in [-0.15, -0.1) is 0 Å². The highest BCUT2D eigenvalue weighted by molar-refractivity contribution is 5.85. The summed E-state index contributed by atoms with van der Waals surface area (Å²) in [4.78, 5) is 10.4. The minimum atomic E-state index is -0.864. The average molecular weight is 156 g/mol. The van der Waals surface area contributed by atoms with Crippen LogP contribution in [-0.2, 0) is 4.79 Å². The zero-order chi connectivity index (χ0) is 8.85. The second-order valence-electron chi connectivity index (χ2n) is 2.80. The van der Waals surface area contributed by atoms with Crippen molar-refractivity contribution < 1.29 is 9.90 Å².